The van der Waals surface area contributed by atoms with Crippen LogP contribution < -0.4 is 5.32 Å². The number of rotatable bonds is 6. The van der Waals surface area contributed by atoms with Gasteiger partial charge in [-0.3, -0.25) is 0 Å². The number of nitrogens with zero attached hydrogens (tertiary/aromatic N) is 1. The SMILES string of the molecule is CC(CO)CCCNc1ncc(Cl)cc1Cl. The molecule has 0 aromatic carbocycles. The van der Waals surface area contributed by atoms with Crippen LogP contribution in [0.1, 0.15) is 19.8 Å². The summed E-state index contributed by atoms with van der Waals surface area (Å²) in [5.74, 6) is 0.998. The zero-order valence-corrected chi connectivity index (χ0v) is 10.7. The highest BCUT2D eigenvalue weighted by Crippen LogP contribution is 2.22. The van der Waals surface area contributed by atoms with Crippen molar-refractivity contribution in [2.45, 2.75) is 19.8 Å². The molecule has 1 aromatic rings. The van der Waals surface area contributed by atoms with Crippen molar-refractivity contribution in [2.75, 3.05) is 18.5 Å². The molecule has 1 unspecified atom stereocenters. The summed E-state index contributed by atoms with van der Waals surface area (Å²) in [7, 11) is 0. The minimum Gasteiger partial charge on any atom is -0.396 e. The number of anilines is 1. The molecule has 1 atom stereocenters. The van der Waals surface area contributed by atoms with E-state index in [4.69, 9.17) is 28.3 Å². The lowest BCUT2D eigenvalue weighted by Crippen LogP contribution is -2.07. The standard InChI is InChI=1S/C11H16Cl2N2O/c1-8(7-16)3-2-4-14-11-10(13)5-9(12)6-15-11/h5-6,8,16H,2-4,7H2,1H3,(H,14,15). The van der Waals surface area contributed by atoms with Crippen molar-refractivity contribution < 1.29 is 5.11 Å². The fourth-order valence-corrected chi connectivity index (χ4v) is 1.74. The number of hydrogen-bond donors (Lipinski definition) is 2. The van der Waals surface area contributed by atoms with Gasteiger partial charge >= 0.3 is 0 Å². The first-order valence-electron chi connectivity index (χ1n) is 5.29. The molecule has 1 rings (SSSR count). The van der Waals surface area contributed by atoms with Crippen molar-refractivity contribution in [1.82, 2.24) is 4.98 Å². The van der Waals surface area contributed by atoms with E-state index in [2.05, 4.69) is 10.3 Å². The summed E-state index contributed by atoms with van der Waals surface area (Å²) >= 11 is 11.7. The van der Waals surface area contributed by atoms with Crippen LogP contribution in [0.2, 0.25) is 10.0 Å². The van der Waals surface area contributed by atoms with Gasteiger partial charge in [0.25, 0.3) is 0 Å². The van der Waals surface area contributed by atoms with Crippen LogP contribution >= 0.6 is 23.2 Å². The molecule has 1 heterocycles. The second kappa shape index (κ2) is 6.94. The van der Waals surface area contributed by atoms with Crippen LogP contribution in [0.3, 0.4) is 0 Å². The minimum atomic E-state index is 0.236. The van der Waals surface area contributed by atoms with Gasteiger partial charge in [-0.15, -0.1) is 0 Å². The third kappa shape index (κ3) is 4.56. The molecule has 0 saturated heterocycles. The van der Waals surface area contributed by atoms with Crippen LogP contribution in [0.4, 0.5) is 5.82 Å². The molecular formula is C11H16Cl2N2O. The number of aromatic nitrogens is 1. The Hall–Kier alpha value is -0.510. The average Bonchev–Trinajstić information content (AvgIpc) is 2.26. The van der Waals surface area contributed by atoms with Gasteiger partial charge in [-0.05, 0) is 24.8 Å². The molecule has 0 saturated carbocycles. The molecule has 0 amide bonds. The number of nitrogens with one attached hydrogen (secondary N) is 1. The second-order valence-corrected chi connectivity index (χ2v) is 4.68. The van der Waals surface area contributed by atoms with Crippen LogP contribution in [0.5, 0.6) is 0 Å². The number of aliphatic hydroxyl groups is 1. The van der Waals surface area contributed by atoms with Crippen molar-refractivity contribution in [3.63, 3.8) is 0 Å². The topological polar surface area (TPSA) is 45.1 Å². The van der Waals surface area contributed by atoms with Crippen molar-refractivity contribution in [2.24, 2.45) is 5.92 Å². The molecule has 0 spiro atoms. The quantitative estimate of drug-likeness (QED) is 0.774. The molecule has 0 aliphatic carbocycles. The smallest absolute Gasteiger partial charge is 0.144 e. The Morgan fingerprint density at radius 2 is 2.25 bits per heavy atom. The maximum Gasteiger partial charge on any atom is 0.144 e. The van der Waals surface area contributed by atoms with Crippen LogP contribution in [-0.2, 0) is 0 Å². The molecular weight excluding hydrogens is 247 g/mol. The van der Waals surface area contributed by atoms with Crippen molar-refractivity contribution in [3.05, 3.63) is 22.3 Å². The molecule has 90 valence electrons. The lowest BCUT2D eigenvalue weighted by atomic mass is 10.1. The van der Waals surface area contributed by atoms with Crippen molar-refractivity contribution >= 4 is 29.0 Å². The minimum absolute atomic E-state index is 0.236. The van der Waals surface area contributed by atoms with E-state index in [0.717, 1.165) is 19.4 Å². The van der Waals surface area contributed by atoms with Gasteiger partial charge in [0.1, 0.15) is 5.82 Å². The van der Waals surface area contributed by atoms with Gasteiger partial charge in [-0.25, -0.2) is 4.98 Å². The number of pyridine rings is 1. The molecule has 2 N–H and O–H groups in total. The predicted octanol–water partition coefficient (Wildman–Crippen LogP) is 3.21. The molecule has 0 aliphatic heterocycles. The zero-order valence-electron chi connectivity index (χ0n) is 9.21. The highest BCUT2D eigenvalue weighted by molar-refractivity contribution is 6.35. The molecule has 0 radical (unpaired) electrons. The highest BCUT2D eigenvalue weighted by atomic mass is 35.5. The molecule has 5 heteroatoms. The third-order valence-corrected chi connectivity index (χ3v) is 2.78. The monoisotopic (exact) mass is 262 g/mol. The Bertz CT molecular complexity index is 334. The van der Waals surface area contributed by atoms with Gasteiger partial charge in [0, 0.05) is 19.3 Å². The molecule has 1 aromatic heterocycles. The molecule has 16 heavy (non-hydrogen) atoms. The van der Waals surface area contributed by atoms with Gasteiger partial charge in [0.05, 0.1) is 10.0 Å². The summed E-state index contributed by atoms with van der Waals surface area (Å²) in [6, 6.07) is 1.66. The summed E-state index contributed by atoms with van der Waals surface area (Å²) in [6.07, 6.45) is 3.52. The Balaban J connectivity index is 2.32. The van der Waals surface area contributed by atoms with E-state index in [1.807, 2.05) is 6.92 Å². The summed E-state index contributed by atoms with van der Waals surface area (Å²) in [5, 5.41) is 13.1. The second-order valence-electron chi connectivity index (χ2n) is 3.84. The third-order valence-electron chi connectivity index (χ3n) is 2.29. The average molecular weight is 263 g/mol. The van der Waals surface area contributed by atoms with Crippen molar-refractivity contribution in [1.29, 1.82) is 0 Å². The van der Waals surface area contributed by atoms with E-state index in [1.165, 1.54) is 0 Å². The first-order chi connectivity index (χ1) is 7.63. The van der Waals surface area contributed by atoms with E-state index in [0.29, 0.717) is 21.8 Å². The molecule has 0 fully saturated rings. The fourth-order valence-electron chi connectivity index (χ4n) is 1.29. The molecule has 3 nitrogen and oxygen atoms in total. The Morgan fingerprint density at radius 3 is 2.88 bits per heavy atom. The van der Waals surface area contributed by atoms with Crippen LogP contribution in [0, 0.1) is 5.92 Å². The van der Waals surface area contributed by atoms with E-state index in [1.54, 1.807) is 12.3 Å². The first-order valence-corrected chi connectivity index (χ1v) is 6.05. The Morgan fingerprint density at radius 1 is 1.50 bits per heavy atom. The summed E-state index contributed by atoms with van der Waals surface area (Å²) in [6.45, 7) is 3.05. The van der Waals surface area contributed by atoms with Crippen LogP contribution in [-0.4, -0.2) is 23.2 Å². The molecule has 0 bridgehead atoms. The van der Waals surface area contributed by atoms with E-state index in [-0.39, 0.29) is 6.61 Å². The fraction of sp³-hybridized carbons (Fsp3) is 0.545. The van der Waals surface area contributed by atoms with Crippen molar-refractivity contribution in [3.8, 4) is 0 Å². The maximum absolute atomic E-state index is 8.86. The van der Waals surface area contributed by atoms with Gasteiger partial charge < -0.3 is 10.4 Å². The van der Waals surface area contributed by atoms with Gasteiger partial charge in [-0.1, -0.05) is 30.1 Å². The number of halogens is 2. The van der Waals surface area contributed by atoms with E-state index >= 15 is 0 Å². The molecule has 0 aliphatic rings. The lowest BCUT2D eigenvalue weighted by Gasteiger charge is -2.09. The zero-order chi connectivity index (χ0) is 12.0. The van der Waals surface area contributed by atoms with Crippen LogP contribution in [0.15, 0.2) is 12.3 Å². The maximum atomic E-state index is 8.86. The van der Waals surface area contributed by atoms with Gasteiger partial charge in [0.15, 0.2) is 0 Å². The normalized spacial score (nSPS) is 12.5. The summed E-state index contributed by atoms with van der Waals surface area (Å²) < 4.78 is 0. The Labute approximate surface area is 106 Å². The van der Waals surface area contributed by atoms with Gasteiger partial charge in [0.2, 0.25) is 0 Å². The predicted molar refractivity (Wildman–Crippen MR) is 68.2 cm³/mol. The van der Waals surface area contributed by atoms with E-state index < -0.39 is 0 Å². The first kappa shape index (κ1) is 13.6. The van der Waals surface area contributed by atoms with Gasteiger partial charge in [-0.2, -0.15) is 0 Å². The lowest BCUT2D eigenvalue weighted by molar-refractivity contribution is 0.229. The van der Waals surface area contributed by atoms with Crippen LogP contribution in [0.25, 0.3) is 0 Å². The highest BCUT2D eigenvalue weighted by Gasteiger charge is 2.03. The Kier molecular flexibility index (Phi) is 5.88. The number of aliphatic hydroxyl groups excluding tert-OH is 1. The summed E-state index contributed by atoms with van der Waals surface area (Å²) in [5.41, 5.74) is 0. The summed E-state index contributed by atoms with van der Waals surface area (Å²) in [4.78, 5) is 4.09. The number of hydrogen-bond acceptors (Lipinski definition) is 3. The largest absolute Gasteiger partial charge is 0.396 e. The van der Waals surface area contributed by atoms with E-state index in [9.17, 15) is 0 Å².